The number of rotatable bonds is 5. The molecule has 106 valence electrons. The van der Waals surface area contributed by atoms with Gasteiger partial charge in [0.2, 0.25) is 0 Å². The van der Waals surface area contributed by atoms with Crippen LogP contribution in [0.4, 0.5) is 5.82 Å². The van der Waals surface area contributed by atoms with Gasteiger partial charge in [0.1, 0.15) is 5.82 Å². The van der Waals surface area contributed by atoms with Crippen LogP contribution in [0.15, 0.2) is 36.5 Å². The molecular weight excluding hydrogens is 254 g/mol. The second kappa shape index (κ2) is 6.23. The van der Waals surface area contributed by atoms with E-state index >= 15 is 0 Å². The van der Waals surface area contributed by atoms with Gasteiger partial charge in [0.05, 0.1) is 18.7 Å². The fourth-order valence-corrected chi connectivity index (χ4v) is 2.21. The Morgan fingerprint density at radius 3 is 2.55 bits per heavy atom. The molecule has 0 aliphatic rings. The molecule has 0 amide bonds. The maximum absolute atomic E-state index is 11.4. The number of nitrogen functional groups attached to an aromatic ring is 1. The Morgan fingerprint density at radius 2 is 2.05 bits per heavy atom. The highest BCUT2D eigenvalue weighted by Gasteiger charge is 2.14. The zero-order chi connectivity index (χ0) is 14.5. The number of aromatic nitrogens is 2. The highest BCUT2D eigenvalue weighted by Crippen LogP contribution is 2.24. The van der Waals surface area contributed by atoms with Crippen LogP contribution in [-0.4, -0.2) is 22.9 Å². The third-order valence-corrected chi connectivity index (χ3v) is 3.23. The standard InChI is InChI=1S/C15H19N3O2/c1-3-4-13(18-10-9-14(16)17-18)11-5-7-12(8-6-11)15(19)20-2/h5-10,13H,3-4H2,1-2H3,(H2,16,17). The van der Waals surface area contributed by atoms with E-state index in [0.29, 0.717) is 11.4 Å². The molecule has 0 bridgehead atoms. The summed E-state index contributed by atoms with van der Waals surface area (Å²) < 4.78 is 6.57. The molecule has 20 heavy (non-hydrogen) atoms. The van der Waals surface area contributed by atoms with Gasteiger partial charge in [0.15, 0.2) is 0 Å². The van der Waals surface area contributed by atoms with E-state index in [1.165, 1.54) is 7.11 Å². The monoisotopic (exact) mass is 273 g/mol. The minimum Gasteiger partial charge on any atom is -0.465 e. The molecule has 5 nitrogen and oxygen atoms in total. The van der Waals surface area contributed by atoms with Gasteiger partial charge in [-0.15, -0.1) is 0 Å². The smallest absolute Gasteiger partial charge is 0.337 e. The van der Waals surface area contributed by atoms with Crippen molar-refractivity contribution in [2.45, 2.75) is 25.8 Å². The zero-order valence-corrected chi connectivity index (χ0v) is 11.7. The predicted molar refractivity (Wildman–Crippen MR) is 77.5 cm³/mol. The lowest BCUT2D eigenvalue weighted by atomic mass is 10.0. The molecule has 0 aliphatic carbocycles. The number of carbonyl (C=O) groups is 1. The molecule has 1 atom stereocenters. The Balaban J connectivity index is 2.28. The predicted octanol–water partition coefficient (Wildman–Crippen LogP) is 2.64. The highest BCUT2D eigenvalue weighted by atomic mass is 16.5. The molecule has 2 N–H and O–H groups in total. The number of nitrogens with zero attached hydrogens (tertiary/aromatic N) is 2. The molecule has 0 radical (unpaired) electrons. The van der Waals surface area contributed by atoms with E-state index in [4.69, 9.17) is 10.5 Å². The number of ether oxygens (including phenoxy) is 1. The van der Waals surface area contributed by atoms with Crippen molar-refractivity contribution in [3.05, 3.63) is 47.7 Å². The number of esters is 1. The van der Waals surface area contributed by atoms with E-state index in [2.05, 4.69) is 12.0 Å². The van der Waals surface area contributed by atoms with E-state index in [0.717, 1.165) is 18.4 Å². The maximum Gasteiger partial charge on any atom is 0.337 e. The van der Waals surface area contributed by atoms with Crippen molar-refractivity contribution < 1.29 is 9.53 Å². The average molecular weight is 273 g/mol. The van der Waals surface area contributed by atoms with Crippen molar-refractivity contribution >= 4 is 11.8 Å². The van der Waals surface area contributed by atoms with Crippen molar-refractivity contribution in [1.29, 1.82) is 0 Å². The van der Waals surface area contributed by atoms with Crippen molar-refractivity contribution in [1.82, 2.24) is 9.78 Å². The minimum absolute atomic E-state index is 0.129. The molecule has 2 rings (SSSR count). The van der Waals surface area contributed by atoms with Crippen molar-refractivity contribution in [2.24, 2.45) is 0 Å². The molecular formula is C15H19N3O2. The van der Waals surface area contributed by atoms with Crippen LogP contribution in [-0.2, 0) is 4.74 Å². The van der Waals surface area contributed by atoms with Crippen LogP contribution < -0.4 is 5.73 Å². The molecule has 0 saturated heterocycles. The third kappa shape index (κ3) is 2.99. The first-order valence-electron chi connectivity index (χ1n) is 6.64. The molecule has 0 fully saturated rings. The molecule has 1 aromatic carbocycles. The van der Waals surface area contributed by atoms with Crippen LogP contribution in [0.1, 0.15) is 41.7 Å². The quantitative estimate of drug-likeness (QED) is 0.850. The molecule has 5 heteroatoms. The van der Waals surface area contributed by atoms with Gasteiger partial charge in [-0.3, -0.25) is 4.68 Å². The molecule has 0 aliphatic heterocycles. The van der Waals surface area contributed by atoms with Gasteiger partial charge < -0.3 is 10.5 Å². The molecule has 0 spiro atoms. The summed E-state index contributed by atoms with van der Waals surface area (Å²) in [6.07, 6.45) is 3.87. The Labute approximate surface area is 118 Å². The number of anilines is 1. The number of methoxy groups -OCH3 is 1. The zero-order valence-electron chi connectivity index (χ0n) is 11.7. The van der Waals surface area contributed by atoms with Crippen molar-refractivity contribution in [3.63, 3.8) is 0 Å². The second-order valence-electron chi connectivity index (χ2n) is 4.64. The Hall–Kier alpha value is -2.30. The van der Waals surface area contributed by atoms with Gasteiger partial charge in [-0.25, -0.2) is 4.79 Å². The summed E-state index contributed by atoms with van der Waals surface area (Å²) in [5.41, 5.74) is 7.33. The van der Waals surface area contributed by atoms with Gasteiger partial charge in [0.25, 0.3) is 0 Å². The summed E-state index contributed by atoms with van der Waals surface area (Å²) in [7, 11) is 1.38. The third-order valence-electron chi connectivity index (χ3n) is 3.23. The van der Waals surface area contributed by atoms with E-state index in [1.807, 2.05) is 23.0 Å². The molecule has 1 aromatic heterocycles. The molecule has 1 heterocycles. The van der Waals surface area contributed by atoms with Gasteiger partial charge in [-0.2, -0.15) is 5.10 Å². The first-order chi connectivity index (χ1) is 9.65. The van der Waals surface area contributed by atoms with E-state index in [1.54, 1.807) is 18.2 Å². The van der Waals surface area contributed by atoms with Crippen LogP contribution in [0.3, 0.4) is 0 Å². The van der Waals surface area contributed by atoms with E-state index in [9.17, 15) is 4.79 Å². The normalized spacial score (nSPS) is 12.1. The van der Waals surface area contributed by atoms with Crippen LogP contribution in [0.5, 0.6) is 0 Å². The summed E-state index contributed by atoms with van der Waals surface area (Å²) in [5, 5.41) is 4.28. The molecule has 0 saturated carbocycles. The fourth-order valence-electron chi connectivity index (χ4n) is 2.21. The fraction of sp³-hybridized carbons (Fsp3) is 0.333. The summed E-state index contributed by atoms with van der Waals surface area (Å²) in [5.74, 6) is 0.184. The largest absolute Gasteiger partial charge is 0.465 e. The number of hydrogen-bond acceptors (Lipinski definition) is 4. The Kier molecular flexibility index (Phi) is 4.40. The average Bonchev–Trinajstić information content (AvgIpc) is 2.90. The Morgan fingerprint density at radius 1 is 1.35 bits per heavy atom. The van der Waals surface area contributed by atoms with Crippen molar-refractivity contribution in [2.75, 3.05) is 12.8 Å². The van der Waals surface area contributed by atoms with Gasteiger partial charge in [0, 0.05) is 6.20 Å². The van der Waals surface area contributed by atoms with Crippen LogP contribution in [0.2, 0.25) is 0 Å². The first kappa shape index (κ1) is 14.1. The van der Waals surface area contributed by atoms with Crippen LogP contribution in [0, 0.1) is 0 Å². The van der Waals surface area contributed by atoms with Crippen LogP contribution >= 0.6 is 0 Å². The molecule has 1 unspecified atom stereocenters. The molecule has 2 aromatic rings. The van der Waals surface area contributed by atoms with E-state index in [-0.39, 0.29) is 12.0 Å². The van der Waals surface area contributed by atoms with Gasteiger partial charge in [-0.05, 0) is 30.2 Å². The lowest BCUT2D eigenvalue weighted by Crippen LogP contribution is -2.12. The SMILES string of the molecule is CCCC(c1ccc(C(=O)OC)cc1)n1ccc(N)n1. The number of carbonyl (C=O) groups excluding carboxylic acids is 1. The number of nitrogens with two attached hydrogens (primary N) is 1. The lowest BCUT2D eigenvalue weighted by molar-refractivity contribution is 0.0600. The summed E-state index contributed by atoms with van der Waals surface area (Å²) in [4.78, 5) is 11.4. The van der Waals surface area contributed by atoms with Crippen LogP contribution in [0.25, 0.3) is 0 Å². The number of hydrogen-bond donors (Lipinski definition) is 1. The first-order valence-corrected chi connectivity index (χ1v) is 6.64. The maximum atomic E-state index is 11.4. The van der Waals surface area contributed by atoms with E-state index < -0.39 is 0 Å². The van der Waals surface area contributed by atoms with Crippen molar-refractivity contribution in [3.8, 4) is 0 Å². The summed E-state index contributed by atoms with van der Waals surface area (Å²) >= 11 is 0. The lowest BCUT2D eigenvalue weighted by Gasteiger charge is -2.17. The van der Waals surface area contributed by atoms with Gasteiger partial charge in [-0.1, -0.05) is 25.5 Å². The second-order valence-corrected chi connectivity index (χ2v) is 4.64. The van der Waals surface area contributed by atoms with Gasteiger partial charge >= 0.3 is 5.97 Å². The number of benzene rings is 1. The minimum atomic E-state index is -0.327. The topological polar surface area (TPSA) is 70.1 Å². The highest BCUT2D eigenvalue weighted by molar-refractivity contribution is 5.89. The Bertz CT molecular complexity index is 575. The summed E-state index contributed by atoms with van der Waals surface area (Å²) in [6.45, 7) is 2.13. The summed E-state index contributed by atoms with van der Waals surface area (Å²) in [6, 6.07) is 9.33.